The van der Waals surface area contributed by atoms with Crippen LogP contribution in [0.1, 0.15) is 33.0 Å². The quantitative estimate of drug-likeness (QED) is 0.756. The summed E-state index contributed by atoms with van der Waals surface area (Å²) in [6, 6.07) is 12.9. The Morgan fingerprint density at radius 1 is 1.08 bits per heavy atom. The summed E-state index contributed by atoms with van der Waals surface area (Å²) in [7, 11) is 1.51. The number of rotatable bonds is 5. The Bertz CT molecular complexity index is 989. The Hall–Kier alpha value is -3.22. The zero-order chi connectivity index (χ0) is 18.7. The monoisotopic (exact) mass is 351 g/mol. The molecular weight excluding hydrogens is 330 g/mol. The van der Waals surface area contributed by atoms with Crippen molar-refractivity contribution < 1.29 is 4.79 Å². The molecule has 1 amide bonds. The average molecular weight is 351 g/mol. The van der Waals surface area contributed by atoms with Gasteiger partial charge >= 0.3 is 0 Å². The van der Waals surface area contributed by atoms with Crippen molar-refractivity contribution >= 4 is 5.91 Å². The SMILES string of the molecule is Cc1nn(Cc2ccccc2)c(C)c1CNC(=O)c1ccc(=O)n(C)n1. The van der Waals surface area contributed by atoms with Crippen LogP contribution in [-0.2, 0) is 20.1 Å². The van der Waals surface area contributed by atoms with E-state index in [0.717, 1.165) is 21.6 Å². The molecule has 26 heavy (non-hydrogen) atoms. The molecule has 134 valence electrons. The molecule has 0 aliphatic heterocycles. The molecule has 0 spiro atoms. The van der Waals surface area contributed by atoms with Crippen molar-refractivity contribution in [2.45, 2.75) is 26.9 Å². The van der Waals surface area contributed by atoms with Gasteiger partial charge in [-0.05, 0) is 25.5 Å². The molecule has 0 saturated heterocycles. The molecule has 0 aliphatic carbocycles. The minimum Gasteiger partial charge on any atom is -0.346 e. The maximum atomic E-state index is 12.3. The van der Waals surface area contributed by atoms with Gasteiger partial charge in [-0.15, -0.1) is 0 Å². The summed E-state index contributed by atoms with van der Waals surface area (Å²) in [5.41, 5.74) is 4.00. The van der Waals surface area contributed by atoms with E-state index in [-0.39, 0.29) is 17.2 Å². The number of carbonyl (C=O) groups excluding carboxylic acids is 1. The predicted molar refractivity (Wildman–Crippen MR) is 97.9 cm³/mol. The standard InChI is InChI=1S/C19H21N5O2/c1-13-16(11-20-19(26)17-9-10-18(25)23(3)22-17)14(2)24(21-13)12-15-7-5-4-6-8-15/h4-10H,11-12H2,1-3H3,(H,20,26). The summed E-state index contributed by atoms with van der Waals surface area (Å²) in [4.78, 5) is 23.7. The number of aromatic nitrogens is 4. The van der Waals surface area contributed by atoms with E-state index in [1.54, 1.807) is 0 Å². The van der Waals surface area contributed by atoms with Gasteiger partial charge in [-0.25, -0.2) is 4.68 Å². The van der Waals surface area contributed by atoms with Gasteiger partial charge in [-0.3, -0.25) is 14.3 Å². The highest BCUT2D eigenvalue weighted by Gasteiger charge is 2.14. The van der Waals surface area contributed by atoms with E-state index in [2.05, 4.69) is 27.6 Å². The fourth-order valence-electron chi connectivity index (χ4n) is 2.78. The normalized spacial score (nSPS) is 10.7. The highest BCUT2D eigenvalue weighted by atomic mass is 16.2. The van der Waals surface area contributed by atoms with Gasteiger partial charge in [0.15, 0.2) is 0 Å². The van der Waals surface area contributed by atoms with E-state index < -0.39 is 0 Å². The van der Waals surface area contributed by atoms with Crippen molar-refractivity contribution in [3.63, 3.8) is 0 Å². The van der Waals surface area contributed by atoms with E-state index >= 15 is 0 Å². The Kier molecular flexibility index (Phi) is 4.97. The average Bonchev–Trinajstić information content (AvgIpc) is 2.89. The second kappa shape index (κ2) is 7.35. The number of amides is 1. The van der Waals surface area contributed by atoms with Crippen LogP contribution >= 0.6 is 0 Å². The van der Waals surface area contributed by atoms with Crippen molar-refractivity contribution in [1.82, 2.24) is 24.9 Å². The van der Waals surface area contributed by atoms with E-state index in [4.69, 9.17) is 0 Å². The number of carbonyl (C=O) groups is 1. The molecule has 0 atom stereocenters. The molecule has 1 aromatic carbocycles. The first-order chi connectivity index (χ1) is 12.5. The first-order valence-corrected chi connectivity index (χ1v) is 8.35. The lowest BCUT2D eigenvalue weighted by Crippen LogP contribution is -2.28. The molecule has 7 heteroatoms. The van der Waals surface area contributed by atoms with Crippen LogP contribution in [0.5, 0.6) is 0 Å². The largest absolute Gasteiger partial charge is 0.346 e. The van der Waals surface area contributed by atoms with Crippen LogP contribution in [0.15, 0.2) is 47.3 Å². The van der Waals surface area contributed by atoms with Gasteiger partial charge in [0.2, 0.25) is 0 Å². The van der Waals surface area contributed by atoms with Crippen LogP contribution in [0.2, 0.25) is 0 Å². The van der Waals surface area contributed by atoms with Crippen LogP contribution < -0.4 is 10.9 Å². The number of aryl methyl sites for hydroxylation is 2. The van der Waals surface area contributed by atoms with E-state index in [1.807, 2.05) is 36.7 Å². The molecule has 7 nitrogen and oxygen atoms in total. The van der Waals surface area contributed by atoms with Crippen molar-refractivity contribution in [2.24, 2.45) is 7.05 Å². The minimum absolute atomic E-state index is 0.207. The van der Waals surface area contributed by atoms with Crippen molar-refractivity contribution in [2.75, 3.05) is 0 Å². The summed E-state index contributed by atoms with van der Waals surface area (Å²) >= 11 is 0. The van der Waals surface area contributed by atoms with Crippen LogP contribution in [0.4, 0.5) is 0 Å². The summed E-state index contributed by atoms with van der Waals surface area (Å²) in [6.07, 6.45) is 0. The number of hydrogen-bond acceptors (Lipinski definition) is 4. The van der Waals surface area contributed by atoms with Crippen LogP contribution in [-0.4, -0.2) is 25.5 Å². The number of hydrogen-bond donors (Lipinski definition) is 1. The molecule has 0 saturated carbocycles. The molecule has 0 fully saturated rings. The van der Waals surface area contributed by atoms with E-state index in [9.17, 15) is 9.59 Å². The second-order valence-corrected chi connectivity index (χ2v) is 6.16. The Labute approximate surface area is 151 Å². The molecule has 2 heterocycles. The lowest BCUT2D eigenvalue weighted by Gasteiger charge is -2.07. The van der Waals surface area contributed by atoms with Gasteiger partial charge < -0.3 is 5.32 Å². The fourth-order valence-corrected chi connectivity index (χ4v) is 2.78. The number of nitrogens with zero attached hydrogens (tertiary/aromatic N) is 4. The molecule has 3 aromatic rings. The molecule has 0 bridgehead atoms. The number of benzene rings is 1. The minimum atomic E-state index is -0.324. The van der Waals surface area contributed by atoms with Gasteiger partial charge in [0, 0.05) is 30.9 Å². The van der Waals surface area contributed by atoms with Gasteiger partial charge in [-0.1, -0.05) is 30.3 Å². The third kappa shape index (κ3) is 3.72. The summed E-state index contributed by atoms with van der Waals surface area (Å²) in [6.45, 7) is 4.97. The zero-order valence-corrected chi connectivity index (χ0v) is 15.1. The van der Waals surface area contributed by atoms with Gasteiger partial charge in [0.1, 0.15) is 5.69 Å². The van der Waals surface area contributed by atoms with Crippen molar-refractivity contribution in [3.05, 3.63) is 81.0 Å². The molecule has 3 rings (SSSR count). The first kappa shape index (κ1) is 17.6. The first-order valence-electron chi connectivity index (χ1n) is 8.35. The highest BCUT2D eigenvalue weighted by Crippen LogP contribution is 2.14. The van der Waals surface area contributed by atoms with Gasteiger partial charge in [0.05, 0.1) is 12.2 Å². The molecule has 0 aliphatic rings. The van der Waals surface area contributed by atoms with Crippen LogP contribution in [0.25, 0.3) is 0 Å². The van der Waals surface area contributed by atoms with Crippen LogP contribution in [0, 0.1) is 13.8 Å². The maximum absolute atomic E-state index is 12.3. The van der Waals surface area contributed by atoms with Gasteiger partial charge in [-0.2, -0.15) is 10.2 Å². The molecular formula is C19H21N5O2. The zero-order valence-electron chi connectivity index (χ0n) is 15.1. The lowest BCUT2D eigenvalue weighted by atomic mass is 10.2. The Morgan fingerprint density at radius 3 is 2.50 bits per heavy atom. The topological polar surface area (TPSA) is 81.8 Å². The second-order valence-electron chi connectivity index (χ2n) is 6.16. The number of nitrogens with one attached hydrogen (secondary N) is 1. The molecule has 2 aromatic heterocycles. The third-order valence-electron chi connectivity index (χ3n) is 4.33. The van der Waals surface area contributed by atoms with Crippen LogP contribution in [0.3, 0.4) is 0 Å². The van der Waals surface area contributed by atoms with Crippen molar-refractivity contribution in [3.8, 4) is 0 Å². The van der Waals surface area contributed by atoms with Gasteiger partial charge in [0.25, 0.3) is 11.5 Å². The maximum Gasteiger partial charge on any atom is 0.271 e. The smallest absolute Gasteiger partial charge is 0.271 e. The van der Waals surface area contributed by atoms with E-state index in [1.165, 1.54) is 24.7 Å². The Balaban J connectivity index is 1.73. The van der Waals surface area contributed by atoms with Crippen molar-refractivity contribution in [1.29, 1.82) is 0 Å². The third-order valence-corrected chi connectivity index (χ3v) is 4.33. The molecule has 1 N–H and O–H groups in total. The molecule has 0 unspecified atom stereocenters. The highest BCUT2D eigenvalue weighted by molar-refractivity contribution is 5.91. The van der Waals surface area contributed by atoms with E-state index in [0.29, 0.717) is 13.1 Å². The summed E-state index contributed by atoms with van der Waals surface area (Å²) in [5.74, 6) is -0.324. The Morgan fingerprint density at radius 2 is 1.81 bits per heavy atom. The fraction of sp³-hybridized carbons (Fsp3) is 0.263. The molecule has 0 radical (unpaired) electrons. The summed E-state index contributed by atoms with van der Waals surface area (Å²) in [5, 5.41) is 11.4. The predicted octanol–water partition coefficient (Wildman–Crippen LogP) is 1.57. The summed E-state index contributed by atoms with van der Waals surface area (Å²) < 4.78 is 3.08. The lowest BCUT2D eigenvalue weighted by molar-refractivity contribution is 0.0943.